The largest absolute Gasteiger partial charge is 0.492 e. The number of aromatic nitrogens is 3. The highest BCUT2D eigenvalue weighted by Gasteiger charge is 2.07. The van der Waals surface area contributed by atoms with Crippen LogP contribution in [0.25, 0.3) is 11.4 Å². The number of aromatic amines is 1. The Balaban J connectivity index is 2.61. The Morgan fingerprint density at radius 3 is 2.60 bits per heavy atom. The molecule has 2 aromatic heterocycles. The Morgan fingerprint density at radius 2 is 2.00 bits per heavy atom. The first kappa shape index (κ1) is 9.20. The second-order valence-corrected chi connectivity index (χ2v) is 2.89. The van der Waals surface area contributed by atoms with Crippen molar-refractivity contribution >= 4 is 5.69 Å². The Morgan fingerprint density at radius 1 is 1.33 bits per heavy atom. The molecular formula is C9H8N4O2. The van der Waals surface area contributed by atoms with Gasteiger partial charge in [0.15, 0.2) is 5.69 Å². The summed E-state index contributed by atoms with van der Waals surface area (Å²) in [5.74, 6) is -0.209. The fourth-order valence-electron chi connectivity index (χ4n) is 1.12. The van der Waals surface area contributed by atoms with Crippen LogP contribution in [0, 0.1) is 0 Å². The number of anilines is 1. The summed E-state index contributed by atoms with van der Waals surface area (Å²) in [5, 5.41) is 9.27. The van der Waals surface area contributed by atoms with E-state index in [9.17, 15) is 9.90 Å². The van der Waals surface area contributed by atoms with E-state index in [1.807, 2.05) is 0 Å². The van der Waals surface area contributed by atoms with Gasteiger partial charge >= 0.3 is 0 Å². The van der Waals surface area contributed by atoms with Crippen LogP contribution in [0.1, 0.15) is 0 Å². The van der Waals surface area contributed by atoms with Gasteiger partial charge in [-0.05, 0) is 12.1 Å². The third-order valence-electron chi connectivity index (χ3n) is 1.89. The fourth-order valence-corrected chi connectivity index (χ4v) is 1.12. The quantitative estimate of drug-likeness (QED) is 0.611. The highest BCUT2D eigenvalue weighted by atomic mass is 16.3. The maximum Gasteiger partial charge on any atom is 0.278 e. The van der Waals surface area contributed by atoms with Crippen LogP contribution in [0.5, 0.6) is 5.88 Å². The molecule has 0 saturated carbocycles. The molecule has 0 aliphatic rings. The molecule has 0 saturated heterocycles. The molecule has 4 N–H and O–H groups in total. The van der Waals surface area contributed by atoms with Crippen LogP contribution in [-0.4, -0.2) is 20.1 Å². The van der Waals surface area contributed by atoms with E-state index < -0.39 is 11.4 Å². The van der Waals surface area contributed by atoms with Gasteiger partial charge in [0.05, 0.1) is 0 Å². The summed E-state index contributed by atoms with van der Waals surface area (Å²) < 4.78 is 0. The van der Waals surface area contributed by atoms with Crippen molar-refractivity contribution in [3.8, 4) is 17.3 Å². The highest BCUT2D eigenvalue weighted by molar-refractivity contribution is 5.57. The number of aromatic hydroxyl groups is 1. The van der Waals surface area contributed by atoms with Crippen molar-refractivity contribution in [2.24, 2.45) is 0 Å². The van der Waals surface area contributed by atoms with Gasteiger partial charge in [-0.1, -0.05) is 0 Å². The monoisotopic (exact) mass is 204 g/mol. The summed E-state index contributed by atoms with van der Waals surface area (Å²) in [7, 11) is 0. The number of pyridine rings is 1. The lowest BCUT2D eigenvalue weighted by molar-refractivity contribution is 0.455. The van der Waals surface area contributed by atoms with Gasteiger partial charge in [0.25, 0.3) is 5.56 Å². The molecule has 2 rings (SSSR count). The summed E-state index contributed by atoms with van der Waals surface area (Å²) in [5.41, 5.74) is 5.07. The summed E-state index contributed by atoms with van der Waals surface area (Å²) in [6.45, 7) is 0. The second kappa shape index (κ2) is 3.41. The topological polar surface area (TPSA) is 105 Å². The van der Waals surface area contributed by atoms with Crippen LogP contribution in [0.15, 0.2) is 29.3 Å². The first-order valence-electron chi connectivity index (χ1n) is 4.17. The molecule has 76 valence electrons. The highest BCUT2D eigenvalue weighted by Crippen LogP contribution is 2.17. The molecule has 6 heteroatoms. The molecule has 0 amide bonds. The minimum Gasteiger partial charge on any atom is -0.492 e. The van der Waals surface area contributed by atoms with Crippen molar-refractivity contribution in [1.82, 2.24) is 15.0 Å². The van der Waals surface area contributed by atoms with Crippen LogP contribution in [0.3, 0.4) is 0 Å². The molecule has 2 heterocycles. The number of hydrogen-bond donors (Lipinski definition) is 3. The van der Waals surface area contributed by atoms with Gasteiger partial charge in [0.1, 0.15) is 5.82 Å². The van der Waals surface area contributed by atoms with Crippen molar-refractivity contribution in [3.05, 3.63) is 34.9 Å². The van der Waals surface area contributed by atoms with Crippen molar-refractivity contribution in [1.29, 1.82) is 0 Å². The van der Waals surface area contributed by atoms with Gasteiger partial charge in [0, 0.05) is 18.0 Å². The van der Waals surface area contributed by atoms with Crippen molar-refractivity contribution in [2.45, 2.75) is 0 Å². The molecule has 0 unspecified atom stereocenters. The molecule has 0 bridgehead atoms. The standard InChI is InChI=1S/C9H8N4O2/c10-6-8(14)12-7(13-9(6)15)5-1-3-11-4-2-5/h1-4H,10H2,(H2,12,13,14,15). The predicted molar refractivity (Wildman–Crippen MR) is 54.2 cm³/mol. The van der Waals surface area contributed by atoms with Crippen LogP contribution >= 0.6 is 0 Å². The van der Waals surface area contributed by atoms with Crippen molar-refractivity contribution in [2.75, 3.05) is 5.73 Å². The zero-order chi connectivity index (χ0) is 10.8. The van der Waals surface area contributed by atoms with Crippen LogP contribution in [0.2, 0.25) is 0 Å². The molecule has 2 aromatic rings. The molecule has 0 atom stereocenters. The minimum absolute atomic E-state index is 0.258. The van der Waals surface area contributed by atoms with E-state index in [0.717, 1.165) is 0 Å². The van der Waals surface area contributed by atoms with Crippen molar-refractivity contribution in [3.63, 3.8) is 0 Å². The normalized spacial score (nSPS) is 10.1. The summed E-state index contributed by atoms with van der Waals surface area (Å²) in [4.78, 5) is 21.3. The summed E-state index contributed by atoms with van der Waals surface area (Å²) >= 11 is 0. The zero-order valence-corrected chi connectivity index (χ0v) is 7.64. The average molecular weight is 204 g/mol. The van der Waals surface area contributed by atoms with E-state index in [0.29, 0.717) is 5.56 Å². The maximum atomic E-state index is 11.2. The summed E-state index contributed by atoms with van der Waals surface area (Å²) in [6, 6.07) is 3.32. The summed E-state index contributed by atoms with van der Waals surface area (Å²) in [6.07, 6.45) is 3.12. The number of nitrogen functional groups attached to an aromatic ring is 1. The lowest BCUT2D eigenvalue weighted by Gasteiger charge is -2.01. The molecule has 0 aliphatic carbocycles. The first-order valence-corrected chi connectivity index (χ1v) is 4.17. The zero-order valence-electron chi connectivity index (χ0n) is 7.64. The molecule has 6 nitrogen and oxygen atoms in total. The first-order chi connectivity index (χ1) is 7.18. The number of hydrogen-bond acceptors (Lipinski definition) is 5. The van der Waals surface area contributed by atoms with Crippen LogP contribution < -0.4 is 11.3 Å². The van der Waals surface area contributed by atoms with E-state index in [4.69, 9.17) is 5.73 Å². The number of nitrogens with two attached hydrogens (primary N) is 1. The molecule has 0 aromatic carbocycles. The maximum absolute atomic E-state index is 11.2. The smallest absolute Gasteiger partial charge is 0.278 e. The number of nitrogens with one attached hydrogen (secondary N) is 1. The van der Waals surface area contributed by atoms with Gasteiger partial charge in [-0.3, -0.25) is 9.78 Å². The lowest BCUT2D eigenvalue weighted by Crippen LogP contribution is -2.13. The molecule has 0 spiro atoms. The molecular weight excluding hydrogens is 196 g/mol. The molecule has 15 heavy (non-hydrogen) atoms. The number of nitrogens with zero attached hydrogens (tertiary/aromatic N) is 2. The lowest BCUT2D eigenvalue weighted by atomic mass is 10.2. The van der Waals surface area contributed by atoms with Gasteiger partial charge in [-0.2, -0.15) is 4.98 Å². The Labute approximate surface area is 84.4 Å². The minimum atomic E-state index is -0.561. The van der Waals surface area contributed by atoms with E-state index in [2.05, 4.69) is 15.0 Å². The fraction of sp³-hybridized carbons (Fsp3) is 0. The molecule has 0 radical (unpaired) electrons. The SMILES string of the molecule is Nc1c(O)nc(-c2ccncc2)[nH]c1=O. The van der Waals surface area contributed by atoms with Crippen LogP contribution in [-0.2, 0) is 0 Å². The van der Waals surface area contributed by atoms with Gasteiger partial charge < -0.3 is 15.8 Å². The Bertz CT molecular complexity index is 536. The Kier molecular flexibility index (Phi) is 2.09. The van der Waals surface area contributed by atoms with E-state index >= 15 is 0 Å². The second-order valence-electron chi connectivity index (χ2n) is 2.89. The van der Waals surface area contributed by atoms with E-state index in [1.54, 1.807) is 24.5 Å². The Hall–Kier alpha value is -2.37. The number of H-pyrrole nitrogens is 1. The van der Waals surface area contributed by atoms with E-state index in [1.165, 1.54) is 0 Å². The molecule has 0 aliphatic heterocycles. The van der Waals surface area contributed by atoms with Gasteiger partial charge in [0.2, 0.25) is 5.88 Å². The van der Waals surface area contributed by atoms with E-state index in [-0.39, 0.29) is 11.5 Å². The predicted octanol–water partition coefficient (Wildman–Crippen LogP) is 0.120. The third-order valence-corrected chi connectivity index (χ3v) is 1.89. The van der Waals surface area contributed by atoms with Crippen molar-refractivity contribution < 1.29 is 5.11 Å². The molecule has 0 fully saturated rings. The van der Waals surface area contributed by atoms with Crippen LogP contribution in [0.4, 0.5) is 5.69 Å². The third kappa shape index (κ3) is 1.64. The number of rotatable bonds is 1. The van der Waals surface area contributed by atoms with Gasteiger partial charge in [-0.25, -0.2) is 0 Å². The average Bonchev–Trinajstić information content (AvgIpc) is 2.26. The van der Waals surface area contributed by atoms with Gasteiger partial charge in [-0.15, -0.1) is 0 Å².